The number of hydrogen-bond donors (Lipinski definition) is 1. The first kappa shape index (κ1) is 12.4. The third-order valence-electron chi connectivity index (χ3n) is 2.66. The van der Waals surface area contributed by atoms with E-state index in [1.807, 2.05) is 6.07 Å². The van der Waals surface area contributed by atoms with Crippen molar-refractivity contribution in [1.82, 2.24) is 0 Å². The van der Waals surface area contributed by atoms with Crippen LogP contribution in [-0.4, -0.2) is 32.0 Å². The number of amides is 1. The molecule has 0 saturated carbocycles. The van der Waals surface area contributed by atoms with Gasteiger partial charge >= 0.3 is 0 Å². The van der Waals surface area contributed by atoms with Gasteiger partial charge in [-0.15, -0.1) is 11.8 Å². The Labute approximate surface area is 105 Å². The number of anilines is 1. The van der Waals surface area contributed by atoms with E-state index in [0.29, 0.717) is 19.0 Å². The summed E-state index contributed by atoms with van der Waals surface area (Å²) in [5.41, 5.74) is 7.65. The van der Waals surface area contributed by atoms with Crippen LogP contribution >= 0.6 is 11.8 Å². The first-order valence-electron chi connectivity index (χ1n) is 5.51. The average molecular weight is 252 g/mol. The summed E-state index contributed by atoms with van der Waals surface area (Å²) in [7, 11) is 1.60. The predicted octanol–water partition coefficient (Wildman–Crippen LogP) is 1.23. The van der Waals surface area contributed by atoms with Crippen molar-refractivity contribution >= 4 is 23.4 Å². The average Bonchev–Trinajstić information content (AvgIpc) is 2.33. The zero-order valence-electron chi connectivity index (χ0n) is 9.81. The molecule has 92 valence electrons. The Hall–Kier alpha value is -1.04. The molecule has 1 aliphatic heterocycles. The molecule has 0 bridgehead atoms. The Balaban J connectivity index is 2.34. The van der Waals surface area contributed by atoms with Crippen LogP contribution in [-0.2, 0) is 16.0 Å². The fourth-order valence-corrected chi connectivity index (χ4v) is 2.76. The number of methoxy groups -OCH3 is 1. The van der Waals surface area contributed by atoms with Crippen LogP contribution in [0.4, 0.5) is 5.69 Å². The molecule has 17 heavy (non-hydrogen) atoms. The summed E-state index contributed by atoms with van der Waals surface area (Å²) in [6.45, 7) is 0.919. The third kappa shape index (κ3) is 2.62. The molecule has 0 radical (unpaired) electrons. The molecule has 0 unspecified atom stereocenters. The highest BCUT2D eigenvalue weighted by Crippen LogP contribution is 2.35. The van der Waals surface area contributed by atoms with Crippen LogP contribution in [0.5, 0.6) is 0 Å². The van der Waals surface area contributed by atoms with Crippen LogP contribution in [0, 0.1) is 0 Å². The Morgan fingerprint density at radius 1 is 1.53 bits per heavy atom. The molecule has 0 fully saturated rings. The van der Waals surface area contributed by atoms with E-state index < -0.39 is 0 Å². The minimum absolute atomic E-state index is 0.0919. The Kier molecular flexibility index (Phi) is 4.04. The fraction of sp³-hybridized carbons (Fsp3) is 0.417. The summed E-state index contributed by atoms with van der Waals surface area (Å²) >= 11 is 1.58. The van der Waals surface area contributed by atoms with Gasteiger partial charge < -0.3 is 10.5 Å². The molecule has 1 heterocycles. The van der Waals surface area contributed by atoms with Crippen molar-refractivity contribution in [3.63, 3.8) is 0 Å². The molecule has 0 aromatic heterocycles. The molecular formula is C12H16N2O2S. The van der Waals surface area contributed by atoms with Crippen LogP contribution in [0.2, 0.25) is 0 Å². The maximum absolute atomic E-state index is 11.8. The zero-order chi connectivity index (χ0) is 12.3. The number of thioether (sulfide) groups is 1. The van der Waals surface area contributed by atoms with E-state index >= 15 is 0 Å². The number of benzene rings is 1. The Morgan fingerprint density at radius 3 is 3.06 bits per heavy atom. The Morgan fingerprint density at radius 2 is 2.35 bits per heavy atom. The van der Waals surface area contributed by atoms with Crippen LogP contribution in [0.15, 0.2) is 23.1 Å². The summed E-state index contributed by atoms with van der Waals surface area (Å²) in [5.74, 6) is 0.571. The van der Waals surface area contributed by atoms with Crippen LogP contribution in [0.3, 0.4) is 0 Å². The van der Waals surface area contributed by atoms with E-state index in [9.17, 15) is 4.79 Å². The molecule has 2 rings (SSSR count). The smallest absolute Gasteiger partial charge is 0.239 e. The lowest BCUT2D eigenvalue weighted by molar-refractivity contribution is -0.117. The van der Waals surface area contributed by atoms with Gasteiger partial charge in [0, 0.05) is 12.0 Å². The monoisotopic (exact) mass is 252 g/mol. The quantitative estimate of drug-likeness (QED) is 0.875. The highest BCUT2D eigenvalue weighted by Gasteiger charge is 2.24. The van der Waals surface area contributed by atoms with Crippen molar-refractivity contribution < 1.29 is 9.53 Å². The molecule has 5 heteroatoms. The molecule has 4 nitrogen and oxygen atoms in total. The fourth-order valence-electron chi connectivity index (χ4n) is 1.84. The van der Waals surface area contributed by atoms with Gasteiger partial charge in [-0.3, -0.25) is 9.69 Å². The van der Waals surface area contributed by atoms with Gasteiger partial charge in [-0.05, 0) is 30.7 Å². The van der Waals surface area contributed by atoms with Gasteiger partial charge in [-0.2, -0.15) is 0 Å². The molecule has 1 amide bonds. The van der Waals surface area contributed by atoms with Gasteiger partial charge in [0.1, 0.15) is 6.73 Å². The van der Waals surface area contributed by atoms with Crippen molar-refractivity contribution in [2.45, 2.75) is 11.3 Å². The Bertz CT molecular complexity index is 423. The third-order valence-corrected chi connectivity index (χ3v) is 3.71. The second-order valence-electron chi connectivity index (χ2n) is 3.87. The van der Waals surface area contributed by atoms with Crippen molar-refractivity contribution in [2.75, 3.05) is 31.0 Å². The van der Waals surface area contributed by atoms with Crippen LogP contribution in [0.1, 0.15) is 5.56 Å². The van der Waals surface area contributed by atoms with E-state index in [4.69, 9.17) is 10.5 Å². The maximum atomic E-state index is 11.8. The normalized spacial score (nSPS) is 14.9. The van der Waals surface area contributed by atoms with Crippen molar-refractivity contribution in [2.24, 2.45) is 5.73 Å². The number of nitrogens with zero attached hydrogens (tertiary/aromatic N) is 1. The van der Waals surface area contributed by atoms with Gasteiger partial charge in [0.2, 0.25) is 5.91 Å². The van der Waals surface area contributed by atoms with Gasteiger partial charge in [0.05, 0.1) is 11.4 Å². The molecule has 0 aliphatic carbocycles. The van der Waals surface area contributed by atoms with Crippen molar-refractivity contribution in [3.8, 4) is 0 Å². The summed E-state index contributed by atoms with van der Waals surface area (Å²) in [4.78, 5) is 14.6. The highest BCUT2D eigenvalue weighted by atomic mass is 32.2. The zero-order valence-corrected chi connectivity index (χ0v) is 10.6. The molecule has 0 atom stereocenters. The largest absolute Gasteiger partial charge is 0.364 e. The first-order valence-corrected chi connectivity index (χ1v) is 6.50. The molecule has 0 spiro atoms. The lowest BCUT2D eigenvalue weighted by Gasteiger charge is -2.28. The number of ether oxygens (including phenoxy) is 1. The number of rotatable bonds is 4. The van der Waals surface area contributed by atoms with E-state index in [1.54, 1.807) is 23.8 Å². The molecule has 1 aliphatic rings. The lowest BCUT2D eigenvalue weighted by Crippen LogP contribution is -2.36. The van der Waals surface area contributed by atoms with Gasteiger partial charge in [-0.1, -0.05) is 6.07 Å². The summed E-state index contributed by atoms with van der Waals surface area (Å²) in [6, 6.07) is 6.16. The predicted molar refractivity (Wildman–Crippen MR) is 69.3 cm³/mol. The van der Waals surface area contributed by atoms with E-state index in [-0.39, 0.29) is 5.91 Å². The topological polar surface area (TPSA) is 55.6 Å². The number of nitrogens with two attached hydrogens (primary N) is 1. The lowest BCUT2D eigenvalue weighted by atomic mass is 10.1. The SMILES string of the molecule is COCN1C(=O)CSc2ccc(CCN)cc21. The highest BCUT2D eigenvalue weighted by molar-refractivity contribution is 8.00. The van der Waals surface area contributed by atoms with E-state index in [1.165, 1.54) is 0 Å². The molecular weight excluding hydrogens is 236 g/mol. The number of fused-ring (bicyclic) bond motifs is 1. The van der Waals surface area contributed by atoms with Gasteiger partial charge in [0.25, 0.3) is 0 Å². The second-order valence-corrected chi connectivity index (χ2v) is 4.89. The first-order chi connectivity index (χ1) is 8.26. The van der Waals surface area contributed by atoms with Gasteiger partial charge in [0.15, 0.2) is 0 Å². The van der Waals surface area contributed by atoms with E-state index in [2.05, 4.69) is 12.1 Å². The standard InChI is InChI=1S/C12H16N2O2S/c1-16-8-14-10-6-9(4-5-13)2-3-11(10)17-7-12(14)15/h2-3,6H,4-5,7-8,13H2,1H3. The minimum atomic E-state index is 0.0919. The van der Waals surface area contributed by atoms with Crippen molar-refractivity contribution in [3.05, 3.63) is 23.8 Å². The maximum Gasteiger partial charge on any atom is 0.239 e. The molecule has 1 aromatic carbocycles. The van der Waals surface area contributed by atoms with Crippen LogP contribution in [0.25, 0.3) is 0 Å². The molecule has 2 N–H and O–H groups in total. The summed E-state index contributed by atoms with van der Waals surface area (Å²) in [5, 5.41) is 0. The van der Waals surface area contributed by atoms with Gasteiger partial charge in [-0.25, -0.2) is 0 Å². The van der Waals surface area contributed by atoms with Crippen molar-refractivity contribution in [1.29, 1.82) is 0 Å². The van der Waals surface area contributed by atoms with E-state index in [0.717, 1.165) is 22.6 Å². The molecule has 0 saturated heterocycles. The minimum Gasteiger partial charge on any atom is -0.364 e. The number of carbonyl (C=O) groups is 1. The summed E-state index contributed by atoms with van der Waals surface area (Å²) < 4.78 is 5.08. The summed E-state index contributed by atoms with van der Waals surface area (Å²) in [6.07, 6.45) is 0.826. The van der Waals surface area contributed by atoms with Crippen LogP contribution < -0.4 is 10.6 Å². The molecule has 1 aromatic rings. The second kappa shape index (κ2) is 5.53. The number of hydrogen-bond acceptors (Lipinski definition) is 4. The number of carbonyl (C=O) groups excluding carboxylic acids is 1.